The minimum absolute atomic E-state index is 0.0266. The van der Waals surface area contributed by atoms with Crippen molar-refractivity contribution in [1.29, 1.82) is 0 Å². The third kappa shape index (κ3) is 3.68. The summed E-state index contributed by atoms with van der Waals surface area (Å²) >= 11 is 6.06. The third-order valence-electron chi connectivity index (χ3n) is 5.61. The van der Waals surface area contributed by atoms with E-state index >= 15 is 0 Å². The Hall–Kier alpha value is -2.51. The molecule has 0 saturated heterocycles. The summed E-state index contributed by atoms with van der Waals surface area (Å²) in [5.41, 5.74) is -0.935. The molecule has 1 heterocycles. The number of aliphatic hydroxyl groups excluding tert-OH is 1. The molecule has 30 heavy (non-hydrogen) atoms. The number of methoxy groups -OCH3 is 1. The maximum Gasteiger partial charge on any atom is 0.343 e. The Morgan fingerprint density at radius 1 is 1.40 bits per heavy atom. The van der Waals surface area contributed by atoms with Gasteiger partial charge in [-0.2, -0.15) is 0 Å². The Kier molecular flexibility index (Phi) is 6.15. The lowest BCUT2D eigenvalue weighted by Gasteiger charge is -2.41. The minimum Gasteiger partial charge on any atom is -0.506 e. The lowest BCUT2D eigenvalue weighted by Crippen LogP contribution is -2.57. The lowest BCUT2D eigenvalue weighted by molar-refractivity contribution is -0.152. The van der Waals surface area contributed by atoms with E-state index < -0.39 is 29.4 Å². The van der Waals surface area contributed by atoms with Crippen molar-refractivity contribution in [1.82, 2.24) is 0 Å². The molecule has 2 N–H and O–H groups in total. The number of carbonyl (C=O) groups is 2. The SMILES string of the molecule is CCCC1=CC2=CC(=O)[C@](C)(OC(=O)c3c(OC)cc(O)c(Cl)c3C)[C@@H](O)[C@@H]2CO1. The molecule has 3 atom stereocenters. The molecule has 0 spiro atoms. The van der Waals surface area contributed by atoms with Crippen LogP contribution in [0, 0.1) is 12.8 Å². The van der Waals surface area contributed by atoms with E-state index in [1.807, 2.05) is 6.92 Å². The molecule has 1 aromatic rings. The van der Waals surface area contributed by atoms with Gasteiger partial charge in [0.05, 0.1) is 24.5 Å². The molecule has 0 bridgehead atoms. The van der Waals surface area contributed by atoms with Crippen molar-refractivity contribution in [3.63, 3.8) is 0 Å². The number of ketones is 1. The molecule has 162 valence electrons. The first-order valence-electron chi connectivity index (χ1n) is 9.70. The number of allylic oxidation sites excluding steroid dienone is 2. The fourth-order valence-electron chi connectivity index (χ4n) is 3.78. The summed E-state index contributed by atoms with van der Waals surface area (Å²) in [6.07, 6.45) is 3.50. The van der Waals surface area contributed by atoms with Gasteiger partial charge in [-0.15, -0.1) is 0 Å². The Morgan fingerprint density at radius 2 is 2.10 bits per heavy atom. The van der Waals surface area contributed by atoms with Gasteiger partial charge in [-0.1, -0.05) is 18.5 Å². The first kappa shape index (κ1) is 22.2. The molecule has 2 aliphatic rings. The highest BCUT2D eigenvalue weighted by molar-refractivity contribution is 6.33. The number of esters is 1. The standard InChI is InChI=1S/C22H25ClO7/c1-5-6-13-7-12-8-17(25)22(3,20(26)14(12)10-29-13)30-21(27)18-11(2)19(23)15(24)9-16(18)28-4/h7-9,14,20,24,26H,5-6,10H2,1-4H3/t14-,20+,22+/m1/s1. The van der Waals surface area contributed by atoms with E-state index in [0.717, 1.165) is 18.6 Å². The van der Waals surface area contributed by atoms with Crippen molar-refractivity contribution in [3.8, 4) is 11.5 Å². The average Bonchev–Trinajstić information content (AvgIpc) is 2.70. The molecule has 0 saturated carbocycles. The first-order valence-corrected chi connectivity index (χ1v) is 10.1. The third-order valence-corrected chi connectivity index (χ3v) is 6.08. The van der Waals surface area contributed by atoms with Crippen molar-refractivity contribution in [2.24, 2.45) is 5.92 Å². The molecule has 0 aromatic heterocycles. The van der Waals surface area contributed by atoms with E-state index in [2.05, 4.69) is 0 Å². The molecule has 1 aliphatic heterocycles. The number of phenolic OH excluding ortho intramolecular Hbond substituents is 1. The van der Waals surface area contributed by atoms with Crippen LogP contribution in [0.5, 0.6) is 11.5 Å². The van der Waals surface area contributed by atoms with E-state index in [4.69, 9.17) is 25.8 Å². The summed E-state index contributed by atoms with van der Waals surface area (Å²) < 4.78 is 16.4. The predicted molar refractivity (Wildman–Crippen MR) is 110 cm³/mol. The van der Waals surface area contributed by atoms with Gasteiger partial charge in [-0.25, -0.2) is 4.79 Å². The molecule has 0 fully saturated rings. The van der Waals surface area contributed by atoms with E-state index in [9.17, 15) is 19.8 Å². The number of ether oxygens (including phenoxy) is 3. The zero-order chi connectivity index (χ0) is 22.2. The molecule has 1 aliphatic carbocycles. The maximum absolute atomic E-state index is 13.0. The van der Waals surface area contributed by atoms with Crippen LogP contribution in [-0.4, -0.2) is 47.4 Å². The minimum atomic E-state index is -1.81. The molecular weight excluding hydrogens is 412 g/mol. The molecule has 0 unspecified atom stereocenters. The summed E-state index contributed by atoms with van der Waals surface area (Å²) in [5.74, 6) is -1.36. The Morgan fingerprint density at radius 3 is 2.73 bits per heavy atom. The second kappa shape index (κ2) is 8.32. The molecule has 8 heteroatoms. The van der Waals surface area contributed by atoms with E-state index in [0.29, 0.717) is 5.57 Å². The molecular formula is C22H25ClO7. The molecule has 7 nitrogen and oxygen atoms in total. The zero-order valence-corrected chi connectivity index (χ0v) is 18.1. The van der Waals surface area contributed by atoms with Gasteiger partial charge in [0.25, 0.3) is 0 Å². The van der Waals surface area contributed by atoms with Crippen molar-refractivity contribution < 1.29 is 34.0 Å². The number of hydrogen-bond acceptors (Lipinski definition) is 7. The number of carbonyl (C=O) groups excluding carboxylic acids is 2. The van der Waals surface area contributed by atoms with Gasteiger partial charge < -0.3 is 24.4 Å². The number of fused-ring (bicyclic) bond motifs is 1. The number of aromatic hydroxyl groups is 1. The zero-order valence-electron chi connectivity index (χ0n) is 17.3. The number of benzene rings is 1. The van der Waals surface area contributed by atoms with Crippen LogP contribution in [0.3, 0.4) is 0 Å². The summed E-state index contributed by atoms with van der Waals surface area (Å²) in [6, 6.07) is 1.19. The normalized spacial score (nSPS) is 25.6. The van der Waals surface area contributed by atoms with E-state index in [1.165, 1.54) is 33.1 Å². The van der Waals surface area contributed by atoms with Crippen LogP contribution in [0.25, 0.3) is 0 Å². The number of aliphatic hydroxyl groups is 1. The predicted octanol–water partition coefficient (Wildman–Crippen LogP) is 3.48. The number of halogens is 1. The van der Waals surface area contributed by atoms with Gasteiger partial charge in [0.15, 0.2) is 5.60 Å². The monoisotopic (exact) mass is 436 g/mol. The average molecular weight is 437 g/mol. The van der Waals surface area contributed by atoms with Crippen LogP contribution < -0.4 is 4.74 Å². The van der Waals surface area contributed by atoms with E-state index in [1.54, 1.807) is 6.08 Å². The van der Waals surface area contributed by atoms with Crippen LogP contribution in [0.2, 0.25) is 5.02 Å². The largest absolute Gasteiger partial charge is 0.506 e. The Labute approximate surface area is 179 Å². The highest BCUT2D eigenvalue weighted by atomic mass is 35.5. The van der Waals surface area contributed by atoms with E-state index in [-0.39, 0.29) is 34.3 Å². The van der Waals surface area contributed by atoms with Crippen LogP contribution in [0.15, 0.2) is 29.6 Å². The number of rotatable bonds is 5. The van der Waals surface area contributed by atoms with Gasteiger partial charge in [0.1, 0.15) is 23.2 Å². The van der Waals surface area contributed by atoms with Crippen molar-refractivity contribution in [2.45, 2.75) is 45.3 Å². The second-order valence-corrected chi connectivity index (χ2v) is 8.02. The smallest absolute Gasteiger partial charge is 0.343 e. The topological polar surface area (TPSA) is 102 Å². The number of phenols is 1. The first-order chi connectivity index (χ1) is 14.1. The Balaban J connectivity index is 1.95. The quantitative estimate of drug-likeness (QED) is 0.681. The Bertz CT molecular complexity index is 949. The maximum atomic E-state index is 13.0. The highest BCUT2D eigenvalue weighted by Crippen LogP contribution is 2.40. The summed E-state index contributed by atoms with van der Waals surface area (Å²) in [7, 11) is 1.33. The van der Waals surface area contributed by atoms with Gasteiger partial charge in [0, 0.05) is 18.4 Å². The summed E-state index contributed by atoms with van der Waals surface area (Å²) in [5, 5.41) is 20.8. The van der Waals surface area contributed by atoms with Gasteiger partial charge in [0.2, 0.25) is 5.78 Å². The molecule has 1 aromatic carbocycles. The summed E-state index contributed by atoms with van der Waals surface area (Å²) in [6.45, 7) is 5.11. The number of hydrogen-bond donors (Lipinski definition) is 2. The molecule has 0 amide bonds. The fraction of sp³-hybridized carbons (Fsp3) is 0.455. The lowest BCUT2D eigenvalue weighted by atomic mass is 9.74. The van der Waals surface area contributed by atoms with Crippen molar-refractivity contribution >= 4 is 23.4 Å². The molecule has 0 radical (unpaired) electrons. The van der Waals surface area contributed by atoms with Crippen LogP contribution in [0.1, 0.15) is 42.6 Å². The van der Waals surface area contributed by atoms with Gasteiger partial charge in [-0.3, -0.25) is 4.79 Å². The summed E-state index contributed by atoms with van der Waals surface area (Å²) in [4.78, 5) is 25.9. The van der Waals surface area contributed by atoms with Crippen LogP contribution in [-0.2, 0) is 14.3 Å². The van der Waals surface area contributed by atoms with Gasteiger partial charge in [-0.05, 0) is 43.6 Å². The highest BCUT2D eigenvalue weighted by Gasteiger charge is 2.52. The second-order valence-electron chi connectivity index (χ2n) is 7.64. The van der Waals surface area contributed by atoms with Crippen LogP contribution in [0.4, 0.5) is 0 Å². The van der Waals surface area contributed by atoms with Crippen molar-refractivity contribution in [3.05, 3.63) is 45.7 Å². The fourth-order valence-corrected chi connectivity index (χ4v) is 3.93. The van der Waals surface area contributed by atoms with Gasteiger partial charge >= 0.3 is 5.97 Å². The molecule has 3 rings (SSSR count). The van der Waals surface area contributed by atoms with Crippen LogP contribution >= 0.6 is 11.6 Å². The van der Waals surface area contributed by atoms with Crippen molar-refractivity contribution in [2.75, 3.05) is 13.7 Å².